The average molecular weight is 236 g/mol. The van der Waals surface area contributed by atoms with Crippen molar-refractivity contribution in [3.63, 3.8) is 0 Å². The Morgan fingerprint density at radius 3 is 2.94 bits per heavy atom. The first-order valence-electron chi connectivity index (χ1n) is 4.74. The second kappa shape index (κ2) is 4.02. The van der Waals surface area contributed by atoms with E-state index in [0.29, 0.717) is 10.8 Å². The van der Waals surface area contributed by atoms with Gasteiger partial charge in [-0.05, 0) is 31.2 Å². The number of rotatable bonds is 2. The summed E-state index contributed by atoms with van der Waals surface area (Å²) in [6, 6.07) is 5.39. The molecular formula is C12H10ClNO2. The minimum atomic E-state index is -0.502. The zero-order chi connectivity index (χ0) is 11.7. The zero-order valence-corrected chi connectivity index (χ0v) is 9.41. The first-order valence-corrected chi connectivity index (χ1v) is 5.12. The molecule has 16 heavy (non-hydrogen) atoms. The molecule has 0 aliphatic rings. The van der Waals surface area contributed by atoms with Gasteiger partial charge in [0.2, 0.25) is 5.91 Å². The number of halogens is 1. The number of furan rings is 1. The van der Waals surface area contributed by atoms with E-state index in [2.05, 4.69) is 0 Å². The van der Waals surface area contributed by atoms with Gasteiger partial charge < -0.3 is 10.2 Å². The Morgan fingerprint density at radius 2 is 2.25 bits per heavy atom. The Labute approximate surface area is 97.5 Å². The van der Waals surface area contributed by atoms with Crippen LogP contribution in [0.5, 0.6) is 0 Å². The fourth-order valence-corrected chi connectivity index (χ4v) is 1.70. The van der Waals surface area contributed by atoms with Crippen molar-refractivity contribution in [2.24, 2.45) is 5.73 Å². The molecule has 0 spiro atoms. The van der Waals surface area contributed by atoms with E-state index in [9.17, 15) is 4.79 Å². The van der Waals surface area contributed by atoms with Crippen molar-refractivity contribution in [1.82, 2.24) is 0 Å². The van der Waals surface area contributed by atoms with Crippen molar-refractivity contribution in [2.75, 3.05) is 0 Å². The molecule has 1 aromatic heterocycles. The molecule has 0 fully saturated rings. The largest absolute Gasteiger partial charge is 0.456 e. The van der Waals surface area contributed by atoms with Crippen molar-refractivity contribution in [3.8, 4) is 0 Å². The molecule has 2 rings (SSSR count). The SMILES string of the molecule is Cc1c(C=CC(N)=O)oc2ccc(Cl)cc12. The summed E-state index contributed by atoms with van der Waals surface area (Å²) in [5.74, 6) is 0.119. The molecule has 0 atom stereocenters. The Morgan fingerprint density at radius 1 is 1.50 bits per heavy atom. The van der Waals surface area contributed by atoms with Crippen molar-refractivity contribution in [3.05, 3.63) is 40.6 Å². The maximum atomic E-state index is 10.6. The number of primary amides is 1. The smallest absolute Gasteiger partial charge is 0.241 e. The predicted octanol–water partition coefficient (Wildman–Crippen LogP) is 2.89. The molecule has 1 heterocycles. The lowest BCUT2D eigenvalue weighted by molar-refractivity contribution is -0.113. The lowest BCUT2D eigenvalue weighted by Crippen LogP contribution is -2.05. The van der Waals surface area contributed by atoms with Gasteiger partial charge >= 0.3 is 0 Å². The van der Waals surface area contributed by atoms with Crippen LogP contribution < -0.4 is 5.73 Å². The van der Waals surface area contributed by atoms with E-state index in [0.717, 1.165) is 16.5 Å². The van der Waals surface area contributed by atoms with E-state index in [4.69, 9.17) is 21.8 Å². The third kappa shape index (κ3) is 1.95. The highest BCUT2D eigenvalue weighted by atomic mass is 35.5. The molecule has 1 aromatic carbocycles. The summed E-state index contributed by atoms with van der Waals surface area (Å²) >= 11 is 5.89. The molecule has 2 N–H and O–H groups in total. The number of carbonyl (C=O) groups excluding carboxylic acids is 1. The van der Waals surface area contributed by atoms with Gasteiger partial charge in [0.05, 0.1) is 0 Å². The summed E-state index contributed by atoms with van der Waals surface area (Å²) in [6.45, 7) is 1.91. The first kappa shape index (κ1) is 10.8. The highest BCUT2D eigenvalue weighted by molar-refractivity contribution is 6.31. The monoisotopic (exact) mass is 235 g/mol. The Bertz CT molecular complexity index is 584. The second-order valence-corrected chi connectivity index (χ2v) is 3.90. The van der Waals surface area contributed by atoms with Crippen LogP contribution in [0.4, 0.5) is 0 Å². The molecule has 0 saturated carbocycles. The molecule has 0 aliphatic heterocycles. The summed E-state index contributed by atoms with van der Waals surface area (Å²) in [4.78, 5) is 10.6. The molecule has 1 amide bonds. The minimum Gasteiger partial charge on any atom is -0.456 e. The van der Waals surface area contributed by atoms with E-state index in [1.165, 1.54) is 6.08 Å². The maximum Gasteiger partial charge on any atom is 0.241 e. The zero-order valence-electron chi connectivity index (χ0n) is 8.66. The van der Waals surface area contributed by atoms with Crippen LogP contribution in [0.3, 0.4) is 0 Å². The third-order valence-electron chi connectivity index (χ3n) is 2.33. The van der Waals surface area contributed by atoms with Gasteiger partial charge in [-0.15, -0.1) is 0 Å². The first-order chi connectivity index (χ1) is 7.58. The van der Waals surface area contributed by atoms with Crippen molar-refractivity contribution >= 4 is 34.6 Å². The average Bonchev–Trinajstić information content (AvgIpc) is 2.53. The van der Waals surface area contributed by atoms with Crippen LogP contribution in [0, 0.1) is 6.92 Å². The summed E-state index contributed by atoms with van der Waals surface area (Å²) in [6.07, 6.45) is 2.83. The normalized spacial score (nSPS) is 11.4. The van der Waals surface area contributed by atoms with E-state index < -0.39 is 5.91 Å². The summed E-state index contributed by atoms with van der Waals surface area (Å²) < 4.78 is 5.55. The number of carbonyl (C=O) groups is 1. The van der Waals surface area contributed by atoms with Gasteiger partial charge in [0.15, 0.2) is 0 Å². The number of aryl methyl sites for hydroxylation is 1. The molecule has 4 heteroatoms. The number of nitrogens with two attached hydrogens (primary N) is 1. The fraction of sp³-hybridized carbons (Fsp3) is 0.0833. The fourth-order valence-electron chi connectivity index (χ4n) is 1.53. The van der Waals surface area contributed by atoms with Crippen LogP contribution in [0.2, 0.25) is 5.02 Å². The van der Waals surface area contributed by atoms with Gasteiger partial charge in [-0.2, -0.15) is 0 Å². The quantitative estimate of drug-likeness (QED) is 0.814. The van der Waals surface area contributed by atoms with Crippen LogP contribution in [0.1, 0.15) is 11.3 Å². The molecular weight excluding hydrogens is 226 g/mol. The Kier molecular flexibility index (Phi) is 2.71. The lowest BCUT2D eigenvalue weighted by atomic mass is 10.1. The van der Waals surface area contributed by atoms with Crippen LogP contribution in [0.15, 0.2) is 28.7 Å². The standard InChI is InChI=1S/C12H10ClNO2/c1-7-9-6-8(13)2-3-11(9)16-10(7)4-5-12(14)15/h2-6H,1H3,(H2,14,15). The van der Waals surface area contributed by atoms with E-state index >= 15 is 0 Å². The van der Waals surface area contributed by atoms with Crippen LogP contribution in [-0.2, 0) is 4.79 Å². The minimum absolute atomic E-state index is 0.502. The third-order valence-corrected chi connectivity index (χ3v) is 2.57. The number of hydrogen-bond donors (Lipinski definition) is 1. The van der Waals surface area contributed by atoms with Gasteiger partial charge in [0.1, 0.15) is 11.3 Å². The number of hydrogen-bond acceptors (Lipinski definition) is 2. The number of amides is 1. The van der Waals surface area contributed by atoms with Crippen LogP contribution in [-0.4, -0.2) is 5.91 Å². The van der Waals surface area contributed by atoms with Crippen LogP contribution >= 0.6 is 11.6 Å². The summed E-state index contributed by atoms with van der Waals surface area (Å²) in [5.41, 5.74) is 6.70. The molecule has 0 radical (unpaired) electrons. The predicted molar refractivity (Wildman–Crippen MR) is 64.2 cm³/mol. The summed E-state index contributed by atoms with van der Waals surface area (Å²) in [5, 5.41) is 1.60. The molecule has 0 aliphatic carbocycles. The molecule has 3 nitrogen and oxygen atoms in total. The van der Waals surface area contributed by atoms with Gasteiger partial charge in [0, 0.05) is 22.0 Å². The molecule has 0 unspecified atom stereocenters. The Hall–Kier alpha value is -1.74. The van der Waals surface area contributed by atoms with E-state index in [-0.39, 0.29) is 0 Å². The maximum absolute atomic E-state index is 10.6. The number of benzene rings is 1. The van der Waals surface area contributed by atoms with Gasteiger partial charge in [-0.3, -0.25) is 4.79 Å². The highest BCUT2D eigenvalue weighted by Crippen LogP contribution is 2.28. The Balaban J connectivity index is 2.56. The van der Waals surface area contributed by atoms with Gasteiger partial charge in [-0.1, -0.05) is 11.6 Å². The van der Waals surface area contributed by atoms with E-state index in [1.54, 1.807) is 18.2 Å². The number of fused-ring (bicyclic) bond motifs is 1. The molecule has 0 bridgehead atoms. The van der Waals surface area contributed by atoms with Crippen LogP contribution in [0.25, 0.3) is 17.0 Å². The molecule has 0 saturated heterocycles. The van der Waals surface area contributed by atoms with Crippen molar-refractivity contribution in [2.45, 2.75) is 6.92 Å². The lowest BCUT2D eigenvalue weighted by Gasteiger charge is -1.90. The summed E-state index contributed by atoms with van der Waals surface area (Å²) in [7, 11) is 0. The highest BCUT2D eigenvalue weighted by Gasteiger charge is 2.08. The van der Waals surface area contributed by atoms with Crippen molar-refractivity contribution < 1.29 is 9.21 Å². The van der Waals surface area contributed by atoms with Gasteiger partial charge in [0.25, 0.3) is 0 Å². The molecule has 82 valence electrons. The van der Waals surface area contributed by atoms with Crippen molar-refractivity contribution in [1.29, 1.82) is 0 Å². The van der Waals surface area contributed by atoms with E-state index in [1.807, 2.05) is 13.0 Å². The van der Waals surface area contributed by atoms with Gasteiger partial charge in [-0.25, -0.2) is 0 Å². The second-order valence-electron chi connectivity index (χ2n) is 3.47. The topological polar surface area (TPSA) is 56.2 Å². The molecule has 2 aromatic rings.